The van der Waals surface area contributed by atoms with Crippen LogP contribution in [0.15, 0.2) is 10.9 Å². The zero-order chi connectivity index (χ0) is 22.5. The molecule has 0 aromatic carbocycles. The Balaban J connectivity index is 0.000000396. The van der Waals surface area contributed by atoms with Gasteiger partial charge in [-0.2, -0.15) is 13.2 Å². The number of hydrogen-bond donors (Lipinski definition) is 1. The molecule has 0 radical (unpaired) electrons. The summed E-state index contributed by atoms with van der Waals surface area (Å²) in [6, 6.07) is 0. The van der Waals surface area contributed by atoms with Gasteiger partial charge in [0.25, 0.3) is 0 Å². The summed E-state index contributed by atoms with van der Waals surface area (Å²) in [5.41, 5.74) is 4.44. The third-order valence-corrected chi connectivity index (χ3v) is 4.49. The van der Waals surface area contributed by atoms with E-state index >= 15 is 0 Å². The van der Waals surface area contributed by atoms with Crippen LogP contribution in [0.1, 0.15) is 42.1 Å². The van der Waals surface area contributed by atoms with Gasteiger partial charge in [0.05, 0.1) is 17.5 Å². The fourth-order valence-corrected chi connectivity index (χ4v) is 2.98. The molecule has 166 valence electrons. The van der Waals surface area contributed by atoms with E-state index in [0.29, 0.717) is 0 Å². The maximum Gasteiger partial charge on any atom is 0.490 e. The number of fused-ring (bicyclic) bond motifs is 1. The summed E-state index contributed by atoms with van der Waals surface area (Å²) < 4.78 is 42.9. The minimum atomic E-state index is -5.08. The fourth-order valence-electron chi connectivity index (χ4n) is 2.98. The molecule has 11 heteroatoms. The van der Waals surface area contributed by atoms with Crippen molar-refractivity contribution in [2.45, 2.75) is 59.4 Å². The summed E-state index contributed by atoms with van der Waals surface area (Å²) in [5, 5.41) is 11.2. The second kappa shape index (κ2) is 9.88. The molecule has 0 saturated heterocycles. The van der Waals surface area contributed by atoms with Crippen LogP contribution in [0.4, 0.5) is 13.2 Å². The standard InChI is InChI=1S/C17H24N4O2.C2HF3O2/c1-11(2)22-17-14-5-7-21(8-6-16(14)18-10-19-17)9-15-12(3)20-23-13(15)4;3-2(4,5)1(6)7/h10-11H,5-9H2,1-4H3;(H,6,7). The Kier molecular flexibility index (Phi) is 7.77. The number of halogens is 3. The van der Waals surface area contributed by atoms with E-state index in [1.165, 1.54) is 5.56 Å². The van der Waals surface area contributed by atoms with Gasteiger partial charge in [-0.15, -0.1) is 0 Å². The lowest BCUT2D eigenvalue weighted by molar-refractivity contribution is -0.192. The van der Waals surface area contributed by atoms with Crippen molar-refractivity contribution < 1.29 is 32.3 Å². The Labute approximate surface area is 172 Å². The highest BCUT2D eigenvalue weighted by molar-refractivity contribution is 5.73. The van der Waals surface area contributed by atoms with Crippen LogP contribution in [0.2, 0.25) is 0 Å². The van der Waals surface area contributed by atoms with Crippen molar-refractivity contribution in [2.24, 2.45) is 0 Å². The lowest BCUT2D eigenvalue weighted by atomic mass is 10.1. The van der Waals surface area contributed by atoms with E-state index in [0.717, 1.165) is 61.1 Å². The first-order valence-corrected chi connectivity index (χ1v) is 9.42. The molecule has 1 aliphatic heterocycles. The van der Waals surface area contributed by atoms with Crippen molar-refractivity contribution in [1.29, 1.82) is 0 Å². The van der Waals surface area contributed by atoms with E-state index in [9.17, 15) is 13.2 Å². The van der Waals surface area contributed by atoms with Gasteiger partial charge < -0.3 is 14.4 Å². The van der Waals surface area contributed by atoms with Gasteiger partial charge in [-0.1, -0.05) is 5.16 Å². The van der Waals surface area contributed by atoms with Crippen molar-refractivity contribution in [3.63, 3.8) is 0 Å². The number of carboxylic acid groups (broad SMARTS) is 1. The van der Waals surface area contributed by atoms with Crippen molar-refractivity contribution in [3.05, 3.63) is 34.6 Å². The first-order chi connectivity index (χ1) is 14.0. The smallest absolute Gasteiger partial charge is 0.475 e. The zero-order valence-corrected chi connectivity index (χ0v) is 17.3. The monoisotopic (exact) mass is 430 g/mol. The highest BCUT2D eigenvalue weighted by atomic mass is 19.4. The van der Waals surface area contributed by atoms with E-state index in [4.69, 9.17) is 19.2 Å². The molecule has 3 heterocycles. The van der Waals surface area contributed by atoms with E-state index in [2.05, 4.69) is 20.0 Å². The van der Waals surface area contributed by atoms with Gasteiger partial charge in [-0.3, -0.25) is 4.90 Å². The first kappa shape index (κ1) is 23.6. The molecule has 2 aromatic heterocycles. The Morgan fingerprint density at radius 3 is 2.43 bits per heavy atom. The van der Waals surface area contributed by atoms with Crippen LogP contribution in [-0.4, -0.2) is 56.5 Å². The Bertz CT molecular complexity index is 848. The van der Waals surface area contributed by atoms with Crippen LogP contribution in [-0.2, 0) is 24.2 Å². The third-order valence-electron chi connectivity index (χ3n) is 4.49. The number of aromatic nitrogens is 3. The van der Waals surface area contributed by atoms with E-state index in [1.807, 2.05) is 27.7 Å². The van der Waals surface area contributed by atoms with Crippen molar-refractivity contribution in [1.82, 2.24) is 20.0 Å². The van der Waals surface area contributed by atoms with Crippen LogP contribution in [0.25, 0.3) is 0 Å². The Morgan fingerprint density at radius 1 is 1.27 bits per heavy atom. The highest BCUT2D eigenvalue weighted by Gasteiger charge is 2.38. The lowest BCUT2D eigenvalue weighted by Gasteiger charge is -2.19. The number of aryl methyl sites for hydroxylation is 2. The number of aliphatic carboxylic acids is 1. The Hall–Kier alpha value is -2.69. The first-order valence-electron chi connectivity index (χ1n) is 9.42. The molecule has 8 nitrogen and oxygen atoms in total. The van der Waals surface area contributed by atoms with Gasteiger partial charge >= 0.3 is 12.1 Å². The van der Waals surface area contributed by atoms with E-state index in [-0.39, 0.29) is 6.10 Å². The van der Waals surface area contributed by atoms with Crippen molar-refractivity contribution in [3.8, 4) is 5.88 Å². The molecule has 30 heavy (non-hydrogen) atoms. The molecule has 0 spiro atoms. The van der Waals surface area contributed by atoms with Crippen LogP contribution in [0.5, 0.6) is 5.88 Å². The molecule has 1 N–H and O–H groups in total. The van der Waals surface area contributed by atoms with Crippen molar-refractivity contribution >= 4 is 5.97 Å². The average Bonchev–Trinajstić information content (AvgIpc) is 2.84. The third kappa shape index (κ3) is 6.41. The molecule has 0 amide bonds. The number of rotatable bonds is 4. The maximum absolute atomic E-state index is 10.6. The molecular weight excluding hydrogens is 405 g/mol. The minimum Gasteiger partial charge on any atom is -0.475 e. The number of hydrogen-bond acceptors (Lipinski definition) is 7. The number of carboxylic acids is 1. The summed E-state index contributed by atoms with van der Waals surface area (Å²) in [6.45, 7) is 10.8. The molecule has 3 rings (SSSR count). The predicted octanol–water partition coefficient (Wildman–Crippen LogP) is 3.10. The summed E-state index contributed by atoms with van der Waals surface area (Å²) >= 11 is 0. The normalized spacial score (nSPS) is 14.5. The van der Waals surface area contributed by atoms with Gasteiger partial charge in [0, 0.05) is 37.2 Å². The van der Waals surface area contributed by atoms with Crippen LogP contribution in [0, 0.1) is 13.8 Å². The molecular formula is C19H25F3N4O4. The number of alkyl halides is 3. The van der Waals surface area contributed by atoms with Gasteiger partial charge in [-0.05, 0) is 34.1 Å². The molecule has 1 aliphatic rings. The summed E-state index contributed by atoms with van der Waals surface area (Å²) in [4.78, 5) is 20.1. The lowest BCUT2D eigenvalue weighted by Crippen LogP contribution is -2.26. The Morgan fingerprint density at radius 2 is 1.90 bits per heavy atom. The molecule has 0 bridgehead atoms. The van der Waals surface area contributed by atoms with Crippen molar-refractivity contribution in [2.75, 3.05) is 13.1 Å². The summed E-state index contributed by atoms with van der Waals surface area (Å²) in [7, 11) is 0. The summed E-state index contributed by atoms with van der Waals surface area (Å²) in [6.07, 6.45) is -1.53. The number of nitrogens with zero attached hydrogens (tertiary/aromatic N) is 4. The molecule has 0 unspecified atom stereocenters. The van der Waals surface area contributed by atoms with Crippen LogP contribution in [0.3, 0.4) is 0 Å². The zero-order valence-electron chi connectivity index (χ0n) is 17.3. The number of ether oxygens (including phenoxy) is 1. The van der Waals surface area contributed by atoms with Crippen LogP contribution < -0.4 is 4.74 Å². The predicted molar refractivity (Wildman–Crippen MR) is 100 cm³/mol. The SMILES string of the molecule is Cc1noc(C)c1CN1CCc2ncnc(OC(C)C)c2CC1.O=C(O)C(F)(F)F. The van der Waals surface area contributed by atoms with Gasteiger partial charge in [0.15, 0.2) is 0 Å². The molecule has 0 atom stereocenters. The van der Waals surface area contributed by atoms with Gasteiger partial charge in [-0.25, -0.2) is 14.8 Å². The van der Waals surface area contributed by atoms with E-state index < -0.39 is 12.1 Å². The topological polar surface area (TPSA) is 102 Å². The largest absolute Gasteiger partial charge is 0.490 e. The van der Waals surface area contributed by atoms with E-state index in [1.54, 1.807) is 6.33 Å². The van der Waals surface area contributed by atoms with Gasteiger partial charge in [0.2, 0.25) is 5.88 Å². The molecule has 0 aliphatic carbocycles. The molecule has 0 fully saturated rings. The molecule has 0 saturated carbocycles. The second-order valence-corrected chi connectivity index (χ2v) is 7.15. The highest BCUT2D eigenvalue weighted by Crippen LogP contribution is 2.24. The summed E-state index contributed by atoms with van der Waals surface area (Å²) in [5.74, 6) is -1.11. The average molecular weight is 430 g/mol. The second-order valence-electron chi connectivity index (χ2n) is 7.15. The minimum absolute atomic E-state index is 0.121. The van der Waals surface area contributed by atoms with Crippen LogP contribution >= 0.6 is 0 Å². The number of carbonyl (C=O) groups is 1. The fraction of sp³-hybridized carbons (Fsp3) is 0.579. The maximum atomic E-state index is 10.6. The quantitative estimate of drug-likeness (QED) is 0.790. The van der Waals surface area contributed by atoms with Gasteiger partial charge in [0.1, 0.15) is 12.1 Å². The molecule has 2 aromatic rings.